The van der Waals surface area contributed by atoms with Crippen molar-refractivity contribution in [3.8, 4) is 5.75 Å². The minimum absolute atomic E-state index is 0.138. The zero-order valence-electron chi connectivity index (χ0n) is 15.8. The third kappa shape index (κ3) is 3.52. The van der Waals surface area contributed by atoms with Crippen LogP contribution in [0.3, 0.4) is 0 Å². The second kappa shape index (κ2) is 7.02. The van der Waals surface area contributed by atoms with Gasteiger partial charge in [0.1, 0.15) is 5.75 Å². The average molecular weight is 365 g/mol. The van der Waals surface area contributed by atoms with Crippen molar-refractivity contribution >= 4 is 17.0 Å². The standard InChI is InChI=1S/C21H23N3O3/c1-4-26-16-9-7-14(8-10-16)12(2)22-20(25)17-11-18(15-5-6-15)23-21-19(17)13(3)24-27-21/h7-12,15H,4-6H2,1-3H3,(H,22,25)/t12-/m0/s1. The Hall–Kier alpha value is -2.89. The summed E-state index contributed by atoms with van der Waals surface area (Å²) in [5.74, 6) is 1.11. The summed E-state index contributed by atoms with van der Waals surface area (Å²) >= 11 is 0. The van der Waals surface area contributed by atoms with Gasteiger partial charge in [-0.1, -0.05) is 17.3 Å². The molecule has 1 aliphatic rings. The molecular weight excluding hydrogens is 342 g/mol. The number of aryl methyl sites for hydroxylation is 1. The molecule has 6 heteroatoms. The Morgan fingerprint density at radius 2 is 2.07 bits per heavy atom. The van der Waals surface area contributed by atoms with Crippen LogP contribution in [0.25, 0.3) is 11.1 Å². The summed E-state index contributed by atoms with van der Waals surface area (Å²) in [5, 5.41) is 7.77. The quantitative estimate of drug-likeness (QED) is 0.705. The summed E-state index contributed by atoms with van der Waals surface area (Å²) in [6.45, 7) is 6.38. The molecule has 0 bridgehead atoms. The van der Waals surface area contributed by atoms with E-state index in [0.717, 1.165) is 29.8 Å². The Morgan fingerprint density at radius 1 is 1.33 bits per heavy atom. The molecule has 6 nitrogen and oxygen atoms in total. The van der Waals surface area contributed by atoms with Gasteiger partial charge in [0.25, 0.3) is 11.6 Å². The van der Waals surface area contributed by atoms with Gasteiger partial charge < -0.3 is 14.6 Å². The van der Waals surface area contributed by atoms with Crippen molar-refractivity contribution in [3.05, 3.63) is 52.8 Å². The molecule has 0 radical (unpaired) electrons. The summed E-state index contributed by atoms with van der Waals surface area (Å²) in [4.78, 5) is 17.6. The first-order chi connectivity index (χ1) is 13.1. The molecule has 1 amide bonds. The van der Waals surface area contributed by atoms with Gasteiger partial charge >= 0.3 is 0 Å². The molecule has 1 N–H and O–H groups in total. The van der Waals surface area contributed by atoms with Crippen LogP contribution in [0.5, 0.6) is 5.75 Å². The largest absolute Gasteiger partial charge is 0.494 e. The van der Waals surface area contributed by atoms with Crippen LogP contribution in [-0.2, 0) is 0 Å². The molecule has 1 fully saturated rings. The van der Waals surface area contributed by atoms with Gasteiger partial charge in [0.15, 0.2) is 0 Å². The molecule has 1 atom stereocenters. The van der Waals surface area contributed by atoms with Crippen molar-refractivity contribution in [2.24, 2.45) is 0 Å². The van der Waals surface area contributed by atoms with Crippen molar-refractivity contribution in [2.45, 2.75) is 45.6 Å². The number of carbonyl (C=O) groups is 1. The fourth-order valence-electron chi connectivity index (χ4n) is 3.26. The fraction of sp³-hybridized carbons (Fsp3) is 0.381. The molecule has 2 aromatic heterocycles. The summed E-state index contributed by atoms with van der Waals surface area (Å²) in [6, 6.07) is 9.53. The van der Waals surface area contributed by atoms with Crippen LogP contribution in [0.1, 0.15) is 66.0 Å². The number of ether oxygens (including phenoxy) is 1. The summed E-state index contributed by atoms with van der Waals surface area (Å²) in [6.07, 6.45) is 2.21. The Kier molecular flexibility index (Phi) is 4.56. The van der Waals surface area contributed by atoms with Crippen LogP contribution >= 0.6 is 0 Å². The molecule has 0 spiro atoms. The number of rotatable bonds is 6. The zero-order chi connectivity index (χ0) is 19.0. The van der Waals surface area contributed by atoms with E-state index in [1.54, 1.807) is 0 Å². The lowest BCUT2D eigenvalue weighted by Gasteiger charge is -2.16. The number of hydrogen-bond acceptors (Lipinski definition) is 5. The minimum Gasteiger partial charge on any atom is -0.494 e. The van der Waals surface area contributed by atoms with E-state index in [1.807, 2.05) is 51.1 Å². The van der Waals surface area contributed by atoms with Gasteiger partial charge in [-0.05, 0) is 57.4 Å². The molecule has 0 aliphatic heterocycles. The first kappa shape index (κ1) is 17.5. The lowest BCUT2D eigenvalue weighted by Crippen LogP contribution is -2.27. The molecule has 140 valence electrons. The molecule has 4 rings (SSSR count). The third-order valence-corrected chi connectivity index (χ3v) is 4.92. The highest BCUT2D eigenvalue weighted by molar-refractivity contribution is 6.06. The van der Waals surface area contributed by atoms with E-state index < -0.39 is 0 Å². The molecule has 1 aromatic carbocycles. The molecule has 27 heavy (non-hydrogen) atoms. The summed E-state index contributed by atoms with van der Waals surface area (Å²) in [5.41, 5.74) is 3.63. The third-order valence-electron chi connectivity index (χ3n) is 4.92. The highest BCUT2D eigenvalue weighted by atomic mass is 16.5. The maximum absolute atomic E-state index is 13.0. The summed E-state index contributed by atoms with van der Waals surface area (Å²) < 4.78 is 10.8. The van der Waals surface area contributed by atoms with E-state index in [-0.39, 0.29) is 11.9 Å². The van der Waals surface area contributed by atoms with Crippen molar-refractivity contribution in [1.82, 2.24) is 15.5 Å². The predicted octanol–water partition coefficient (Wildman–Crippen LogP) is 4.30. The van der Waals surface area contributed by atoms with Crippen LogP contribution < -0.4 is 10.1 Å². The van der Waals surface area contributed by atoms with Gasteiger partial charge in [-0.25, -0.2) is 4.98 Å². The second-order valence-electron chi connectivity index (χ2n) is 7.01. The molecular formula is C21H23N3O3. The Bertz CT molecular complexity index is 974. The van der Waals surface area contributed by atoms with Crippen molar-refractivity contribution in [1.29, 1.82) is 0 Å². The maximum Gasteiger partial charge on any atom is 0.259 e. The number of nitrogens with one attached hydrogen (secondary N) is 1. The van der Waals surface area contributed by atoms with Gasteiger partial charge in [0.05, 0.1) is 29.3 Å². The van der Waals surface area contributed by atoms with Gasteiger partial charge in [-0.15, -0.1) is 0 Å². The van der Waals surface area contributed by atoms with E-state index in [4.69, 9.17) is 9.26 Å². The Labute approximate surface area is 157 Å². The Morgan fingerprint density at radius 3 is 2.74 bits per heavy atom. The van der Waals surface area contributed by atoms with E-state index in [1.165, 1.54) is 0 Å². The number of amides is 1. The highest BCUT2D eigenvalue weighted by Crippen LogP contribution is 2.40. The number of fused-ring (bicyclic) bond motifs is 1. The molecule has 0 unspecified atom stereocenters. The van der Waals surface area contributed by atoms with Crippen molar-refractivity contribution in [3.63, 3.8) is 0 Å². The number of hydrogen-bond donors (Lipinski definition) is 1. The van der Waals surface area contributed by atoms with Gasteiger partial charge in [-0.2, -0.15) is 0 Å². The van der Waals surface area contributed by atoms with Gasteiger partial charge in [-0.3, -0.25) is 4.79 Å². The SMILES string of the molecule is CCOc1ccc([C@H](C)NC(=O)c2cc(C3CC3)nc3onc(C)c23)cc1. The van der Waals surface area contributed by atoms with Crippen LogP contribution in [0.4, 0.5) is 0 Å². The van der Waals surface area contributed by atoms with Crippen LogP contribution in [-0.4, -0.2) is 22.7 Å². The fourth-order valence-corrected chi connectivity index (χ4v) is 3.26. The minimum atomic E-state index is -0.142. The monoisotopic (exact) mass is 365 g/mol. The normalized spacial score (nSPS) is 14.9. The topological polar surface area (TPSA) is 77.2 Å². The van der Waals surface area contributed by atoms with Gasteiger partial charge in [0.2, 0.25) is 0 Å². The molecule has 1 aliphatic carbocycles. The predicted molar refractivity (Wildman–Crippen MR) is 102 cm³/mol. The molecule has 1 saturated carbocycles. The van der Waals surface area contributed by atoms with Gasteiger partial charge in [0, 0.05) is 11.6 Å². The molecule has 0 saturated heterocycles. The van der Waals surface area contributed by atoms with Crippen molar-refractivity contribution < 1.29 is 14.1 Å². The maximum atomic E-state index is 13.0. The number of nitrogens with zero attached hydrogens (tertiary/aromatic N) is 2. The van der Waals surface area contributed by atoms with Crippen LogP contribution in [0, 0.1) is 6.92 Å². The van der Waals surface area contributed by atoms with E-state index in [9.17, 15) is 4.79 Å². The summed E-state index contributed by atoms with van der Waals surface area (Å²) in [7, 11) is 0. The average Bonchev–Trinajstić information content (AvgIpc) is 3.45. The van der Waals surface area contributed by atoms with E-state index in [2.05, 4.69) is 15.5 Å². The van der Waals surface area contributed by atoms with Crippen molar-refractivity contribution in [2.75, 3.05) is 6.61 Å². The first-order valence-electron chi connectivity index (χ1n) is 9.37. The number of pyridine rings is 1. The van der Waals surface area contributed by atoms with E-state index in [0.29, 0.717) is 34.9 Å². The first-order valence-corrected chi connectivity index (χ1v) is 9.37. The number of carbonyl (C=O) groups excluding carboxylic acids is 1. The molecule has 3 aromatic rings. The smallest absolute Gasteiger partial charge is 0.259 e. The zero-order valence-corrected chi connectivity index (χ0v) is 15.8. The lowest BCUT2D eigenvalue weighted by molar-refractivity contribution is 0.0941. The second-order valence-corrected chi connectivity index (χ2v) is 7.01. The Balaban J connectivity index is 1.59. The van der Waals surface area contributed by atoms with E-state index >= 15 is 0 Å². The van der Waals surface area contributed by atoms with Crippen LogP contribution in [0.2, 0.25) is 0 Å². The van der Waals surface area contributed by atoms with Crippen LogP contribution in [0.15, 0.2) is 34.9 Å². The highest BCUT2D eigenvalue weighted by Gasteiger charge is 2.29. The number of aromatic nitrogens is 2. The number of benzene rings is 1. The lowest BCUT2D eigenvalue weighted by atomic mass is 10.0. The molecule has 2 heterocycles.